The summed E-state index contributed by atoms with van der Waals surface area (Å²) in [4.78, 5) is 5.77. The Hall–Kier alpha value is -2.67. The maximum absolute atomic E-state index is 13.1. The van der Waals surface area contributed by atoms with Crippen LogP contribution in [-0.2, 0) is 10.8 Å². The summed E-state index contributed by atoms with van der Waals surface area (Å²) in [6, 6.07) is 16.1. The Balaban J connectivity index is 1.92. The van der Waals surface area contributed by atoms with E-state index in [0.717, 1.165) is 39.7 Å². The van der Waals surface area contributed by atoms with Gasteiger partial charge in [0.2, 0.25) is 0 Å². The van der Waals surface area contributed by atoms with E-state index in [-0.39, 0.29) is 13.1 Å². The number of anilines is 2. The number of para-hydroxylation sites is 1. The largest absolute Gasteiger partial charge is 0.339 e. The number of rotatable bonds is 6. The summed E-state index contributed by atoms with van der Waals surface area (Å²) in [6.07, 6.45) is 0.803. The monoisotopic (exact) mass is 378 g/mol. The van der Waals surface area contributed by atoms with Gasteiger partial charge in [-0.1, -0.05) is 18.2 Å². The molecule has 1 heterocycles. The normalized spacial score (nSPS) is 15.0. The third-order valence-corrected chi connectivity index (χ3v) is 6.41. The zero-order valence-electron chi connectivity index (χ0n) is 15.6. The van der Waals surface area contributed by atoms with Gasteiger partial charge < -0.3 is 4.90 Å². The molecule has 0 aliphatic carbocycles. The van der Waals surface area contributed by atoms with Crippen LogP contribution in [0.2, 0.25) is 0 Å². The molecule has 5 nitrogen and oxygen atoms in total. The highest BCUT2D eigenvalue weighted by Gasteiger charge is 2.29. The molecule has 0 aromatic heterocycles. The highest BCUT2D eigenvalue weighted by Crippen LogP contribution is 2.44. The first-order chi connectivity index (χ1) is 13.1. The van der Waals surface area contributed by atoms with Crippen molar-refractivity contribution in [3.05, 3.63) is 47.5 Å². The topological polar surface area (TPSA) is 71.1 Å². The lowest BCUT2D eigenvalue weighted by Crippen LogP contribution is -2.31. The van der Waals surface area contributed by atoms with E-state index < -0.39 is 10.8 Å². The molecule has 6 heteroatoms. The van der Waals surface area contributed by atoms with Crippen molar-refractivity contribution in [3.63, 3.8) is 0 Å². The van der Waals surface area contributed by atoms with E-state index in [9.17, 15) is 4.21 Å². The number of aryl methyl sites for hydroxylation is 1. The van der Waals surface area contributed by atoms with Gasteiger partial charge in [0.1, 0.15) is 0 Å². The van der Waals surface area contributed by atoms with Crippen molar-refractivity contribution in [1.82, 2.24) is 4.90 Å². The molecule has 1 atom stereocenters. The van der Waals surface area contributed by atoms with E-state index in [1.165, 1.54) is 5.56 Å². The molecule has 0 amide bonds. The minimum atomic E-state index is -1.19. The van der Waals surface area contributed by atoms with Crippen LogP contribution in [0.5, 0.6) is 0 Å². The molecule has 1 aliphatic heterocycles. The first-order valence-corrected chi connectivity index (χ1v) is 10.1. The number of hydrogen-bond donors (Lipinski definition) is 0. The molecule has 2 aromatic carbocycles. The fourth-order valence-corrected chi connectivity index (χ4v) is 4.87. The minimum absolute atomic E-state index is 0.253. The Kier molecular flexibility index (Phi) is 5.91. The van der Waals surface area contributed by atoms with E-state index in [1.54, 1.807) is 0 Å². The van der Waals surface area contributed by atoms with E-state index >= 15 is 0 Å². The molecule has 3 rings (SSSR count). The molecule has 27 heavy (non-hydrogen) atoms. The quantitative estimate of drug-likeness (QED) is 0.718. The van der Waals surface area contributed by atoms with Gasteiger partial charge in [0, 0.05) is 13.1 Å². The highest BCUT2D eigenvalue weighted by atomic mass is 32.2. The zero-order valence-corrected chi connectivity index (χ0v) is 16.4. The number of nitrogens with zero attached hydrogens (tertiary/aromatic N) is 4. The van der Waals surface area contributed by atoms with Crippen LogP contribution in [0.1, 0.15) is 17.5 Å². The second-order valence-electron chi connectivity index (χ2n) is 6.62. The van der Waals surface area contributed by atoms with Gasteiger partial charge >= 0.3 is 0 Å². The molecule has 1 unspecified atom stereocenters. The molecule has 0 saturated heterocycles. The van der Waals surface area contributed by atoms with E-state index in [2.05, 4.69) is 30.9 Å². The third kappa shape index (κ3) is 3.73. The van der Waals surface area contributed by atoms with Crippen molar-refractivity contribution in [2.24, 2.45) is 0 Å². The number of hydrogen-bond acceptors (Lipinski definition) is 5. The minimum Gasteiger partial charge on any atom is -0.339 e. The van der Waals surface area contributed by atoms with Gasteiger partial charge in [-0.15, -0.1) is 0 Å². The van der Waals surface area contributed by atoms with E-state index in [4.69, 9.17) is 10.5 Å². The molecule has 0 radical (unpaired) electrons. The summed E-state index contributed by atoms with van der Waals surface area (Å²) in [5.74, 6) is 0. The van der Waals surface area contributed by atoms with Gasteiger partial charge in [-0.3, -0.25) is 4.90 Å². The van der Waals surface area contributed by atoms with Crippen LogP contribution in [0.3, 0.4) is 0 Å². The molecule has 1 aliphatic rings. The van der Waals surface area contributed by atoms with Crippen molar-refractivity contribution in [1.29, 1.82) is 10.5 Å². The van der Waals surface area contributed by atoms with Crippen LogP contribution in [0.4, 0.5) is 11.4 Å². The van der Waals surface area contributed by atoms with Gasteiger partial charge in [-0.2, -0.15) is 10.5 Å². The summed E-state index contributed by atoms with van der Waals surface area (Å²) in [6.45, 7) is 6.05. The van der Waals surface area contributed by atoms with Crippen molar-refractivity contribution in [2.75, 3.05) is 31.1 Å². The molecule has 138 valence electrons. The Morgan fingerprint density at radius 3 is 2.44 bits per heavy atom. The average Bonchev–Trinajstić information content (AvgIpc) is 2.67. The maximum Gasteiger partial charge on any atom is 0.0892 e. The van der Waals surface area contributed by atoms with Crippen LogP contribution >= 0.6 is 0 Å². The molecule has 0 N–H and O–H groups in total. The van der Waals surface area contributed by atoms with Gasteiger partial charge in [0.05, 0.1) is 57.2 Å². The van der Waals surface area contributed by atoms with Gasteiger partial charge in [-0.25, -0.2) is 4.21 Å². The first kappa shape index (κ1) is 19.1. The molecular weight excluding hydrogens is 356 g/mol. The zero-order chi connectivity index (χ0) is 19.4. The molecular formula is C21H22N4OS. The molecule has 0 bridgehead atoms. The fraction of sp³-hybridized carbons (Fsp3) is 0.333. The van der Waals surface area contributed by atoms with Gasteiger partial charge in [-0.05, 0) is 49.6 Å². The summed E-state index contributed by atoms with van der Waals surface area (Å²) in [5.41, 5.74) is 4.32. The predicted molar refractivity (Wildman–Crippen MR) is 106 cm³/mol. The summed E-state index contributed by atoms with van der Waals surface area (Å²) in [7, 11) is -1.19. The molecule has 0 spiro atoms. The van der Waals surface area contributed by atoms with Crippen molar-refractivity contribution >= 4 is 22.2 Å². The van der Waals surface area contributed by atoms with Crippen LogP contribution in [-0.4, -0.2) is 35.3 Å². The lowest BCUT2D eigenvalue weighted by atomic mass is 10.1. The maximum atomic E-state index is 13.1. The highest BCUT2D eigenvalue weighted by molar-refractivity contribution is 7.85. The number of nitriles is 2. The second-order valence-corrected chi connectivity index (χ2v) is 8.04. The van der Waals surface area contributed by atoms with E-state index in [0.29, 0.717) is 6.54 Å². The van der Waals surface area contributed by atoms with Crippen LogP contribution in [0, 0.1) is 36.5 Å². The third-order valence-electron chi connectivity index (χ3n) is 4.93. The lowest BCUT2D eigenvalue weighted by molar-refractivity contribution is 0.339. The smallest absolute Gasteiger partial charge is 0.0892 e. The van der Waals surface area contributed by atoms with Crippen molar-refractivity contribution < 1.29 is 4.21 Å². The number of benzene rings is 2. The SMILES string of the molecule is Cc1ccc2c(c1C)N(CCCN(CC#N)CC#N)c1ccccc1S2=O. The second kappa shape index (κ2) is 8.35. The fourth-order valence-electron chi connectivity index (χ4n) is 3.44. The Morgan fingerprint density at radius 1 is 1.04 bits per heavy atom. The lowest BCUT2D eigenvalue weighted by Gasteiger charge is -2.35. The standard InChI is InChI=1S/C21H22N4OS/c1-16-8-9-20-21(17(16)2)25(13-5-12-24(14-10-22)15-11-23)18-6-3-4-7-19(18)27(20)26/h3-4,6-9H,5,12-15H2,1-2H3. The number of fused-ring (bicyclic) bond motifs is 2. The summed E-state index contributed by atoms with van der Waals surface area (Å²) < 4.78 is 13.1. The van der Waals surface area contributed by atoms with Crippen LogP contribution < -0.4 is 4.90 Å². The first-order valence-electron chi connectivity index (χ1n) is 8.93. The Morgan fingerprint density at radius 2 is 1.74 bits per heavy atom. The van der Waals surface area contributed by atoms with Crippen molar-refractivity contribution in [3.8, 4) is 12.1 Å². The molecule has 2 aromatic rings. The summed E-state index contributed by atoms with van der Waals surface area (Å²) in [5, 5.41) is 17.8. The molecule has 0 saturated carbocycles. The van der Waals surface area contributed by atoms with Crippen molar-refractivity contribution in [2.45, 2.75) is 30.1 Å². The Bertz CT molecular complexity index is 942. The van der Waals surface area contributed by atoms with Gasteiger partial charge in [0.15, 0.2) is 0 Å². The average molecular weight is 379 g/mol. The van der Waals surface area contributed by atoms with E-state index in [1.807, 2.05) is 41.3 Å². The van der Waals surface area contributed by atoms with Gasteiger partial charge in [0.25, 0.3) is 0 Å². The Labute approximate surface area is 162 Å². The van der Waals surface area contributed by atoms with Crippen LogP contribution in [0.15, 0.2) is 46.2 Å². The molecule has 0 fully saturated rings. The summed E-state index contributed by atoms with van der Waals surface area (Å²) >= 11 is 0. The predicted octanol–water partition coefficient (Wildman–Crippen LogP) is 3.66. The van der Waals surface area contributed by atoms with Crippen LogP contribution in [0.25, 0.3) is 0 Å².